The molecule has 2 amide bonds. The van der Waals surface area contributed by atoms with Crippen LogP contribution in [0.4, 0.5) is 0 Å². The largest absolute Gasteiger partial charge is 0.484 e. The zero-order valence-corrected chi connectivity index (χ0v) is 46.3. The number of benzene rings is 4. The number of esters is 1. The van der Waals surface area contributed by atoms with E-state index in [0.29, 0.717) is 62.4 Å². The Morgan fingerprint density at radius 1 is 0.529 bits per heavy atom. The van der Waals surface area contributed by atoms with Gasteiger partial charge in [-0.2, -0.15) is 0 Å². The van der Waals surface area contributed by atoms with Crippen molar-refractivity contribution >= 4 is 68.2 Å². The molecule has 0 spiro atoms. The van der Waals surface area contributed by atoms with E-state index >= 15 is 0 Å². The number of hydrogen-bond acceptors (Lipinski definition) is 13. The van der Waals surface area contributed by atoms with E-state index in [1.165, 1.54) is 36.4 Å². The number of H-pyrrole nitrogens is 2. The van der Waals surface area contributed by atoms with Crippen LogP contribution in [0.5, 0.6) is 11.5 Å². The van der Waals surface area contributed by atoms with Gasteiger partial charge < -0.3 is 48.7 Å². The molecule has 10 rings (SSSR count). The number of pyridine rings is 2. The summed E-state index contributed by atoms with van der Waals surface area (Å²) < 4.78 is 21.3. The van der Waals surface area contributed by atoms with Crippen molar-refractivity contribution in [3.05, 3.63) is 209 Å². The third kappa shape index (κ3) is 11.9. The minimum atomic E-state index is -1.36. The first kappa shape index (κ1) is 57.3. The fraction of sp³-hybridized carbons (Fsp3) is 0.206. The molecule has 0 bridgehead atoms. The van der Waals surface area contributed by atoms with E-state index in [1.54, 1.807) is 24.3 Å². The second kappa shape index (κ2) is 24.7. The molecule has 6 aromatic heterocycles. The highest BCUT2D eigenvalue weighted by Gasteiger charge is 2.26. The van der Waals surface area contributed by atoms with Crippen molar-refractivity contribution in [3.63, 3.8) is 0 Å². The molecule has 0 saturated carbocycles. The molecule has 0 radical (unpaired) electrons. The van der Waals surface area contributed by atoms with Gasteiger partial charge in [-0.1, -0.05) is 25.0 Å². The second-order valence-corrected chi connectivity index (χ2v) is 20.1. The summed E-state index contributed by atoms with van der Waals surface area (Å²) in [6.07, 6.45) is 6.78. The van der Waals surface area contributed by atoms with Gasteiger partial charge in [0.1, 0.15) is 24.6 Å². The average molecular weight is 1150 g/mol. The minimum absolute atomic E-state index is 0.00240. The van der Waals surface area contributed by atoms with Crippen LogP contribution in [-0.2, 0) is 37.0 Å². The number of ketones is 2. The summed E-state index contributed by atoms with van der Waals surface area (Å²) in [5.74, 6) is -2.50. The third-order valence-electron chi connectivity index (χ3n) is 14.7. The molecule has 0 saturated heterocycles. The molecule has 432 valence electrons. The summed E-state index contributed by atoms with van der Waals surface area (Å²) in [5, 5.41) is 15.0. The van der Waals surface area contributed by atoms with Crippen LogP contribution >= 0.6 is 0 Å². The quantitative estimate of drug-likeness (QED) is 0.0274. The Kier molecular flexibility index (Phi) is 16.6. The number of carboxylic acids is 1. The van der Waals surface area contributed by atoms with E-state index in [4.69, 9.17) is 9.47 Å². The molecule has 22 nitrogen and oxygen atoms in total. The summed E-state index contributed by atoms with van der Waals surface area (Å²) in [6, 6.07) is 34.0. The lowest BCUT2D eigenvalue weighted by molar-refractivity contribution is -0.141. The highest BCUT2D eigenvalue weighted by atomic mass is 16.5. The minimum Gasteiger partial charge on any atom is -0.484 e. The highest BCUT2D eigenvalue weighted by Crippen LogP contribution is 2.36. The molecular weight excluding hydrogens is 1090 g/mol. The summed E-state index contributed by atoms with van der Waals surface area (Å²) in [5.41, 5.74) is 4.01. The summed E-state index contributed by atoms with van der Waals surface area (Å²) in [4.78, 5) is 134. The van der Waals surface area contributed by atoms with Crippen molar-refractivity contribution in [2.45, 2.75) is 52.6 Å². The van der Waals surface area contributed by atoms with Gasteiger partial charge in [0.2, 0.25) is 0 Å². The number of methoxy groups -OCH3 is 1. The number of rotatable bonds is 23. The predicted octanol–water partition coefficient (Wildman–Crippen LogP) is 6.12. The first-order chi connectivity index (χ1) is 41.0. The van der Waals surface area contributed by atoms with Gasteiger partial charge in [-0.25, -0.2) is 18.7 Å². The number of fused-ring (bicyclic) bond motifs is 4. The van der Waals surface area contributed by atoms with Gasteiger partial charge in [-0.3, -0.25) is 38.4 Å². The lowest BCUT2D eigenvalue weighted by atomic mass is 9.97. The van der Waals surface area contributed by atoms with Gasteiger partial charge in [0.25, 0.3) is 22.9 Å². The molecule has 22 heteroatoms. The number of unbranched alkanes of at least 4 members (excludes halogenated alkanes) is 3. The van der Waals surface area contributed by atoms with Gasteiger partial charge in [0.05, 0.1) is 62.5 Å². The molecule has 10 aromatic rings. The molecular formula is C63H56N8O14. The van der Waals surface area contributed by atoms with E-state index in [2.05, 4.69) is 25.3 Å². The molecule has 4 aromatic carbocycles. The van der Waals surface area contributed by atoms with E-state index in [1.807, 2.05) is 95.7 Å². The van der Waals surface area contributed by atoms with Crippen molar-refractivity contribution in [2.24, 2.45) is 0 Å². The van der Waals surface area contributed by atoms with Crippen molar-refractivity contribution < 1.29 is 48.1 Å². The van der Waals surface area contributed by atoms with E-state index < -0.39 is 47.5 Å². The lowest BCUT2D eigenvalue weighted by Gasteiger charge is -2.10. The SMILES string of the molecule is COC(=O)Cn1c(=O)[nH]c2ccc(C(=O)c3c(C)c(-c4ccc(OCC(=O)NCCCCCCNC(=O)COc5ccc(-c6c(C)c(C(=O)c7ccc8[nH]c(=O)n(CC(=O)O)c(=O)c8c7)c7ccccn67)cc5)cc4)n4ccccc34)cc2c1=O. The highest BCUT2D eigenvalue weighted by molar-refractivity contribution is 6.17. The standard InChI is InChI=1S/C63H56N8O14/c1-36-54(58(77)40-18-24-46-44(30-40)60(79)70(32-52(74)75)62(81)66-46)48-12-6-10-28-68(48)56(36)38-14-20-42(21-15-38)84-34-50(72)64-26-8-4-5-9-27-65-51(73)35-85-43-22-16-39(17-23-43)57-37(2)55(49-13-7-11-29-69(49)57)59(78)41-19-25-47-45(31-41)61(80)71(63(82)67-47)33-53(76)83-3/h6-7,10-25,28-31H,4-5,8-9,26-27,32-35H2,1-3H3,(H,64,72)(H,65,73)(H,66,81)(H,67,82)(H,74,75). The smallest absolute Gasteiger partial charge is 0.329 e. The monoisotopic (exact) mass is 1150 g/mol. The van der Waals surface area contributed by atoms with Gasteiger partial charge in [-0.05, 0) is 158 Å². The van der Waals surface area contributed by atoms with Crippen molar-refractivity contribution in [1.29, 1.82) is 0 Å². The molecule has 0 atom stereocenters. The number of nitrogens with zero attached hydrogens (tertiary/aromatic N) is 4. The lowest BCUT2D eigenvalue weighted by Crippen LogP contribution is -2.37. The summed E-state index contributed by atoms with van der Waals surface area (Å²) >= 11 is 0. The molecule has 0 unspecified atom stereocenters. The maximum absolute atomic E-state index is 14.3. The fourth-order valence-electron chi connectivity index (χ4n) is 10.5. The summed E-state index contributed by atoms with van der Waals surface area (Å²) in [6.45, 7) is 2.74. The van der Waals surface area contributed by atoms with Gasteiger partial charge in [0.15, 0.2) is 24.8 Å². The Bertz CT molecular complexity index is 4560. The number of carbonyl (C=O) groups excluding carboxylic acids is 5. The van der Waals surface area contributed by atoms with Gasteiger partial charge in [0, 0.05) is 36.6 Å². The normalized spacial score (nSPS) is 11.3. The van der Waals surface area contributed by atoms with Crippen molar-refractivity contribution in [3.8, 4) is 34.0 Å². The Hall–Kier alpha value is -10.9. The maximum Gasteiger partial charge on any atom is 0.329 e. The number of aromatic amines is 2. The molecule has 0 aliphatic carbocycles. The third-order valence-corrected chi connectivity index (χ3v) is 14.7. The van der Waals surface area contributed by atoms with E-state index in [-0.39, 0.29) is 69.5 Å². The number of amides is 2. The molecule has 0 aliphatic heterocycles. The Morgan fingerprint density at radius 3 is 1.36 bits per heavy atom. The Morgan fingerprint density at radius 2 is 0.953 bits per heavy atom. The number of aliphatic carboxylic acids is 1. The van der Waals surface area contributed by atoms with Gasteiger partial charge >= 0.3 is 23.3 Å². The second-order valence-electron chi connectivity index (χ2n) is 20.1. The number of carbonyl (C=O) groups is 6. The molecule has 5 N–H and O–H groups in total. The van der Waals surface area contributed by atoms with Crippen LogP contribution < -0.4 is 42.6 Å². The number of hydrogen-bond donors (Lipinski definition) is 5. The predicted molar refractivity (Wildman–Crippen MR) is 315 cm³/mol. The van der Waals surface area contributed by atoms with Crippen molar-refractivity contribution in [1.82, 2.24) is 38.5 Å². The van der Waals surface area contributed by atoms with Crippen LogP contribution in [0.1, 0.15) is 68.7 Å². The topological polar surface area (TPSA) is 293 Å². The van der Waals surface area contributed by atoms with Crippen LogP contribution in [0.3, 0.4) is 0 Å². The van der Waals surface area contributed by atoms with Crippen LogP contribution in [0, 0.1) is 13.8 Å². The molecule has 6 heterocycles. The zero-order chi connectivity index (χ0) is 60.1. The van der Waals surface area contributed by atoms with E-state index in [9.17, 15) is 53.1 Å². The molecule has 0 aliphatic rings. The average Bonchev–Trinajstić information content (AvgIpc) is 1.89. The first-order valence-corrected chi connectivity index (χ1v) is 27.1. The fourth-order valence-corrected chi connectivity index (χ4v) is 10.5. The number of ether oxygens (including phenoxy) is 3. The van der Waals surface area contributed by atoms with Crippen LogP contribution in [0.15, 0.2) is 153 Å². The summed E-state index contributed by atoms with van der Waals surface area (Å²) in [7, 11) is 1.15. The number of nitrogens with one attached hydrogen (secondary N) is 4. The van der Waals surface area contributed by atoms with E-state index in [0.717, 1.165) is 59.9 Å². The first-order valence-electron chi connectivity index (χ1n) is 27.1. The zero-order valence-electron chi connectivity index (χ0n) is 46.3. The van der Waals surface area contributed by atoms with Crippen LogP contribution in [0.2, 0.25) is 0 Å². The Balaban J connectivity index is 0.658. The number of carboxylic acid groups (broad SMARTS) is 1. The maximum atomic E-state index is 14.3. The van der Waals surface area contributed by atoms with Crippen molar-refractivity contribution in [2.75, 3.05) is 33.4 Å². The van der Waals surface area contributed by atoms with Crippen LogP contribution in [0.25, 0.3) is 55.4 Å². The Labute approximate surface area is 481 Å². The van der Waals surface area contributed by atoms with Crippen LogP contribution in [-0.4, -0.2) is 102 Å². The molecule has 0 fully saturated rings. The van der Waals surface area contributed by atoms with Gasteiger partial charge in [-0.15, -0.1) is 0 Å². The molecule has 85 heavy (non-hydrogen) atoms. The number of aromatic nitrogens is 6.